The normalized spacial score (nSPS) is 12.3. The third-order valence-corrected chi connectivity index (χ3v) is 10.6. The van der Waals surface area contributed by atoms with Gasteiger partial charge in [-0.2, -0.15) is 0 Å². The molecule has 0 aliphatic heterocycles. The maximum atomic E-state index is 6.92. The summed E-state index contributed by atoms with van der Waals surface area (Å²) >= 11 is 0. The van der Waals surface area contributed by atoms with Crippen LogP contribution in [0.1, 0.15) is 46.5 Å². The van der Waals surface area contributed by atoms with E-state index in [1.54, 1.807) is 7.11 Å². The summed E-state index contributed by atoms with van der Waals surface area (Å²) in [6.45, 7) is 10.0. The van der Waals surface area contributed by atoms with Gasteiger partial charge in [0.05, 0.1) is 13.2 Å². The van der Waals surface area contributed by atoms with Crippen LogP contribution in [0.15, 0.2) is 60.7 Å². The monoisotopic (exact) mass is 444 g/mol. The Hall–Kier alpha value is -1.50. The van der Waals surface area contributed by atoms with Gasteiger partial charge in [-0.1, -0.05) is 94.3 Å². The zero-order chi connectivity index (χ0) is 22.4. The van der Waals surface area contributed by atoms with Crippen molar-refractivity contribution in [3.8, 4) is 0 Å². The molecule has 0 saturated carbocycles. The summed E-state index contributed by atoms with van der Waals surface area (Å²) in [5.74, 6) is 0. The molecule has 0 saturated heterocycles. The van der Waals surface area contributed by atoms with Gasteiger partial charge >= 0.3 is 0 Å². The average molecular weight is 445 g/mol. The Morgan fingerprint density at radius 3 is 1.68 bits per heavy atom. The molecule has 31 heavy (non-hydrogen) atoms. The molecule has 0 radical (unpaired) electrons. The lowest BCUT2D eigenvalue weighted by atomic mass is 10.2. The van der Waals surface area contributed by atoms with E-state index in [2.05, 4.69) is 81.4 Å². The van der Waals surface area contributed by atoms with Gasteiger partial charge in [0.2, 0.25) is 0 Å². The lowest BCUT2D eigenvalue weighted by Gasteiger charge is -2.43. The number of benzene rings is 2. The van der Waals surface area contributed by atoms with Crippen molar-refractivity contribution in [3.05, 3.63) is 60.7 Å². The van der Waals surface area contributed by atoms with E-state index in [-0.39, 0.29) is 5.04 Å². The predicted molar refractivity (Wildman–Crippen MR) is 131 cm³/mol. The van der Waals surface area contributed by atoms with Crippen molar-refractivity contribution in [1.29, 1.82) is 0 Å². The summed E-state index contributed by atoms with van der Waals surface area (Å²) in [6.07, 6.45) is 4.40. The van der Waals surface area contributed by atoms with Gasteiger partial charge in [-0.25, -0.2) is 0 Å². The summed E-state index contributed by atoms with van der Waals surface area (Å²) in [5, 5.41) is 2.72. The van der Waals surface area contributed by atoms with E-state index < -0.39 is 8.32 Å². The molecule has 0 atom stereocenters. The lowest BCUT2D eigenvalue weighted by Crippen LogP contribution is -2.66. The van der Waals surface area contributed by atoms with Gasteiger partial charge in [-0.15, -0.1) is 0 Å². The van der Waals surface area contributed by atoms with Crippen LogP contribution in [0, 0.1) is 0 Å². The van der Waals surface area contributed by atoms with Crippen molar-refractivity contribution >= 4 is 18.7 Å². The standard InChI is InChI=1S/C26H40O4Si/c1-26(2,3)31(24-15-9-7-10-16-24,25-17-11-8-12-18-25)30-20-14-6-5-13-19-28-23-29-22-21-27-4/h7-12,15-18H,5-6,13-14,19-23H2,1-4H3. The molecule has 0 N–H and O–H groups in total. The molecule has 2 aromatic rings. The van der Waals surface area contributed by atoms with Crippen molar-refractivity contribution < 1.29 is 18.6 Å². The molecule has 0 aromatic heterocycles. The molecule has 2 aromatic carbocycles. The molecular formula is C26H40O4Si. The summed E-state index contributed by atoms with van der Waals surface area (Å²) < 4.78 is 22.7. The molecule has 0 bridgehead atoms. The van der Waals surface area contributed by atoms with E-state index in [1.165, 1.54) is 10.4 Å². The van der Waals surface area contributed by atoms with E-state index in [9.17, 15) is 0 Å². The van der Waals surface area contributed by atoms with Crippen LogP contribution in [0.25, 0.3) is 0 Å². The topological polar surface area (TPSA) is 36.9 Å². The molecule has 0 fully saturated rings. The van der Waals surface area contributed by atoms with Crippen molar-refractivity contribution in [2.45, 2.75) is 51.5 Å². The molecule has 5 heteroatoms. The number of ether oxygens (including phenoxy) is 3. The molecular weight excluding hydrogens is 404 g/mol. The van der Waals surface area contributed by atoms with E-state index in [0.29, 0.717) is 20.0 Å². The minimum atomic E-state index is -2.40. The second kappa shape index (κ2) is 13.8. The van der Waals surface area contributed by atoms with Gasteiger partial charge in [0, 0.05) is 20.3 Å². The minimum Gasteiger partial charge on any atom is -0.407 e. The Morgan fingerprint density at radius 1 is 0.645 bits per heavy atom. The van der Waals surface area contributed by atoms with E-state index in [0.717, 1.165) is 38.9 Å². The number of unbranched alkanes of at least 4 members (excludes halogenated alkanes) is 3. The van der Waals surface area contributed by atoms with Crippen LogP contribution in [-0.4, -0.2) is 48.6 Å². The molecule has 0 heterocycles. The Bertz CT molecular complexity index is 661. The summed E-state index contributed by atoms with van der Waals surface area (Å²) in [5.41, 5.74) is 0. The van der Waals surface area contributed by atoms with Crippen LogP contribution >= 0.6 is 0 Å². The van der Waals surface area contributed by atoms with E-state index in [1.807, 2.05) is 0 Å². The van der Waals surface area contributed by atoms with Crippen LogP contribution in [0.3, 0.4) is 0 Å². The Balaban J connectivity index is 1.88. The van der Waals surface area contributed by atoms with Crippen molar-refractivity contribution in [1.82, 2.24) is 0 Å². The number of methoxy groups -OCH3 is 1. The third-order valence-electron chi connectivity index (χ3n) is 5.52. The molecule has 4 nitrogen and oxygen atoms in total. The summed E-state index contributed by atoms with van der Waals surface area (Å²) in [4.78, 5) is 0. The van der Waals surface area contributed by atoms with Gasteiger partial charge in [-0.3, -0.25) is 0 Å². The first-order valence-electron chi connectivity index (χ1n) is 11.4. The second-order valence-electron chi connectivity index (χ2n) is 8.85. The van der Waals surface area contributed by atoms with Gasteiger partial charge in [0.15, 0.2) is 0 Å². The van der Waals surface area contributed by atoms with Crippen LogP contribution in [0.5, 0.6) is 0 Å². The van der Waals surface area contributed by atoms with Crippen molar-refractivity contribution in [3.63, 3.8) is 0 Å². The molecule has 0 unspecified atom stereocenters. The maximum Gasteiger partial charge on any atom is 0.261 e. The van der Waals surface area contributed by atoms with Gasteiger partial charge in [-0.05, 0) is 28.3 Å². The highest BCUT2D eigenvalue weighted by atomic mass is 28.4. The number of hydrogen-bond acceptors (Lipinski definition) is 4. The predicted octanol–water partition coefficient (Wildman–Crippen LogP) is 4.76. The fraction of sp³-hybridized carbons (Fsp3) is 0.538. The smallest absolute Gasteiger partial charge is 0.261 e. The van der Waals surface area contributed by atoms with Crippen molar-refractivity contribution in [2.24, 2.45) is 0 Å². The van der Waals surface area contributed by atoms with Crippen LogP contribution < -0.4 is 10.4 Å². The van der Waals surface area contributed by atoms with Gasteiger partial charge in [0.25, 0.3) is 8.32 Å². The summed E-state index contributed by atoms with van der Waals surface area (Å²) in [7, 11) is -0.730. The highest BCUT2D eigenvalue weighted by Gasteiger charge is 2.49. The van der Waals surface area contributed by atoms with Gasteiger partial charge < -0.3 is 18.6 Å². The van der Waals surface area contributed by atoms with Crippen LogP contribution in [0.4, 0.5) is 0 Å². The summed E-state index contributed by atoms with van der Waals surface area (Å²) in [6, 6.07) is 21.7. The lowest BCUT2D eigenvalue weighted by molar-refractivity contribution is -0.0664. The second-order valence-corrected chi connectivity index (χ2v) is 13.2. The quantitative estimate of drug-likeness (QED) is 0.225. The highest BCUT2D eigenvalue weighted by Crippen LogP contribution is 2.36. The van der Waals surface area contributed by atoms with Crippen LogP contribution in [0.2, 0.25) is 5.04 Å². The molecule has 2 rings (SSSR count). The number of rotatable bonds is 15. The molecule has 0 spiro atoms. The minimum absolute atomic E-state index is 0.0341. The molecule has 0 amide bonds. The molecule has 0 aliphatic carbocycles. The average Bonchev–Trinajstić information content (AvgIpc) is 2.77. The first-order chi connectivity index (χ1) is 15.0. The first-order valence-corrected chi connectivity index (χ1v) is 13.3. The Kier molecular flexibility index (Phi) is 11.5. The fourth-order valence-electron chi connectivity index (χ4n) is 3.97. The molecule has 0 aliphatic rings. The van der Waals surface area contributed by atoms with E-state index >= 15 is 0 Å². The van der Waals surface area contributed by atoms with Crippen molar-refractivity contribution in [2.75, 3.05) is 40.3 Å². The zero-order valence-electron chi connectivity index (χ0n) is 19.8. The highest BCUT2D eigenvalue weighted by molar-refractivity contribution is 6.99. The maximum absolute atomic E-state index is 6.92. The SMILES string of the molecule is COCCOCOCCCCCCO[Si](c1ccccc1)(c1ccccc1)C(C)(C)C. The Labute approximate surface area is 190 Å². The van der Waals surface area contributed by atoms with Crippen LogP contribution in [-0.2, 0) is 18.6 Å². The largest absolute Gasteiger partial charge is 0.407 e. The van der Waals surface area contributed by atoms with E-state index in [4.69, 9.17) is 18.6 Å². The fourth-order valence-corrected chi connectivity index (χ4v) is 8.57. The van der Waals surface area contributed by atoms with Gasteiger partial charge in [0.1, 0.15) is 6.79 Å². The first kappa shape index (κ1) is 25.8. The molecule has 172 valence electrons. The number of hydrogen-bond donors (Lipinski definition) is 0. The Morgan fingerprint density at radius 2 is 1.16 bits per heavy atom. The third kappa shape index (κ3) is 7.85. The zero-order valence-corrected chi connectivity index (χ0v) is 20.8.